The van der Waals surface area contributed by atoms with E-state index in [4.69, 9.17) is 9.47 Å². The first-order chi connectivity index (χ1) is 14.1. The Morgan fingerprint density at radius 3 is 2.10 bits per heavy atom. The lowest BCUT2D eigenvalue weighted by molar-refractivity contribution is -0.137. The van der Waals surface area contributed by atoms with Gasteiger partial charge in [0, 0.05) is 13.1 Å². The number of fused-ring (bicyclic) bond motifs is 1. The van der Waals surface area contributed by atoms with E-state index in [1.165, 1.54) is 29.4 Å². The first-order valence-electron chi connectivity index (χ1n) is 11.5. The summed E-state index contributed by atoms with van der Waals surface area (Å²) in [6.45, 7) is 17.5. The molecule has 2 heterocycles. The maximum Gasteiger partial charge on any atom is 0.335 e. The summed E-state index contributed by atoms with van der Waals surface area (Å²) in [5.74, 6) is 1.14. The van der Waals surface area contributed by atoms with Crippen LogP contribution in [0.2, 0.25) is 0 Å². The molecular weight excluding hydrogens is 374 g/mol. The summed E-state index contributed by atoms with van der Waals surface area (Å²) >= 11 is 0. The zero-order valence-electron chi connectivity index (χ0n) is 20.0. The minimum Gasteiger partial charge on any atom is -0.466 e. The summed E-state index contributed by atoms with van der Waals surface area (Å²) in [4.78, 5) is 14.6. The Labute approximate surface area is 182 Å². The fourth-order valence-electron chi connectivity index (χ4n) is 5.04. The van der Waals surface area contributed by atoms with Crippen LogP contribution in [0.4, 0.5) is 0 Å². The number of hydrogen-bond donors (Lipinski definition) is 0. The van der Waals surface area contributed by atoms with Crippen molar-refractivity contribution in [2.24, 2.45) is 0 Å². The Kier molecular flexibility index (Phi) is 7.09. The van der Waals surface area contributed by atoms with Gasteiger partial charge >= 0.3 is 5.97 Å². The number of rotatable bonds is 7. The van der Waals surface area contributed by atoms with Crippen LogP contribution in [-0.2, 0) is 14.3 Å². The highest BCUT2D eigenvalue weighted by Gasteiger charge is 2.44. The van der Waals surface area contributed by atoms with Gasteiger partial charge in [0.25, 0.3) is 0 Å². The van der Waals surface area contributed by atoms with Crippen LogP contribution < -0.4 is 0 Å². The molecule has 0 amide bonds. The van der Waals surface area contributed by atoms with E-state index in [0.29, 0.717) is 17.8 Å². The first kappa shape index (κ1) is 23.0. The molecule has 1 fully saturated rings. The van der Waals surface area contributed by atoms with E-state index in [1.807, 2.05) is 6.08 Å². The van der Waals surface area contributed by atoms with Crippen LogP contribution in [0.5, 0.6) is 0 Å². The minimum atomic E-state index is -0.224. The molecule has 0 saturated carbocycles. The van der Waals surface area contributed by atoms with Gasteiger partial charge in [-0.3, -0.25) is 4.90 Å². The Hall–Kier alpha value is -1.65. The minimum absolute atomic E-state index is 0.0117. The molecule has 0 aromatic heterocycles. The summed E-state index contributed by atoms with van der Waals surface area (Å²) in [6, 6.07) is 4.78. The zero-order chi connectivity index (χ0) is 22.2. The molecule has 1 aromatic rings. The topological polar surface area (TPSA) is 38.8 Å². The van der Waals surface area contributed by atoms with E-state index in [2.05, 4.69) is 65.5 Å². The average Bonchev–Trinajstić information content (AvgIpc) is 3.29. The van der Waals surface area contributed by atoms with Crippen molar-refractivity contribution in [3.63, 3.8) is 0 Å². The second-order valence-corrected chi connectivity index (χ2v) is 9.77. The van der Waals surface area contributed by atoms with Crippen molar-refractivity contribution in [2.75, 3.05) is 20.2 Å². The van der Waals surface area contributed by atoms with Gasteiger partial charge in [0.05, 0.1) is 30.9 Å². The van der Waals surface area contributed by atoms with Gasteiger partial charge in [0.15, 0.2) is 0 Å². The van der Waals surface area contributed by atoms with Crippen LogP contribution in [0.15, 0.2) is 23.8 Å². The summed E-state index contributed by atoms with van der Waals surface area (Å²) in [6.07, 6.45) is 2.94. The molecule has 0 aliphatic carbocycles. The van der Waals surface area contributed by atoms with Crippen LogP contribution >= 0.6 is 0 Å². The Morgan fingerprint density at radius 1 is 1.00 bits per heavy atom. The highest BCUT2D eigenvalue weighted by atomic mass is 16.5. The fraction of sp³-hybridized carbons (Fsp3) is 0.654. The predicted octanol–water partition coefficient (Wildman–Crippen LogP) is 5.69. The molecule has 166 valence electrons. The smallest absolute Gasteiger partial charge is 0.335 e. The number of hydrogen-bond acceptors (Lipinski definition) is 4. The molecule has 2 aliphatic rings. The maximum absolute atomic E-state index is 12.3. The van der Waals surface area contributed by atoms with E-state index in [1.54, 1.807) is 0 Å². The summed E-state index contributed by atoms with van der Waals surface area (Å²) < 4.78 is 11.8. The molecule has 4 heteroatoms. The Bertz CT molecular complexity index is 779. The van der Waals surface area contributed by atoms with Gasteiger partial charge in [0.1, 0.15) is 0 Å². The number of benzene rings is 1. The van der Waals surface area contributed by atoms with Crippen molar-refractivity contribution >= 4 is 5.97 Å². The normalized spacial score (nSPS) is 22.7. The van der Waals surface area contributed by atoms with Crippen molar-refractivity contribution in [2.45, 2.75) is 90.9 Å². The highest BCUT2D eigenvalue weighted by Crippen LogP contribution is 2.40. The van der Waals surface area contributed by atoms with Crippen LogP contribution in [0.1, 0.15) is 101 Å². The standard InChI is InChI=1S/C26H39NO3/c1-15(2)19-13-21(16(3)4)24(22(14-19)17(5)6)18(7)30-23-10-12-27-11-9-20(25(23)27)26(28)29-8/h9,13-18,23,25H,10-12H2,1-8H3/t18-,23+,25+/m0/s1. The van der Waals surface area contributed by atoms with Crippen molar-refractivity contribution in [1.82, 2.24) is 4.90 Å². The van der Waals surface area contributed by atoms with Crippen molar-refractivity contribution < 1.29 is 14.3 Å². The van der Waals surface area contributed by atoms with E-state index in [9.17, 15) is 4.79 Å². The monoisotopic (exact) mass is 413 g/mol. The average molecular weight is 414 g/mol. The number of nitrogens with zero attached hydrogens (tertiary/aromatic N) is 1. The third-order valence-corrected chi connectivity index (χ3v) is 6.69. The zero-order valence-corrected chi connectivity index (χ0v) is 20.0. The van der Waals surface area contributed by atoms with E-state index < -0.39 is 0 Å². The molecule has 0 spiro atoms. The second kappa shape index (κ2) is 9.23. The first-order valence-corrected chi connectivity index (χ1v) is 11.5. The molecule has 0 bridgehead atoms. The highest BCUT2D eigenvalue weighted by molar-refractivity contribution is 5.90. The lowest BCUT2D eigenvalue weighted by Gasteiger charge is -2.30. The molecule has 1 saturated heterocycles. The number of esters is 1. The van der Waals surface area contributed by atoms with E-state index >= 15 is 0 Å². The van der Waals surface area contributed by atoms with Gasteiger partial charge in [-0.2, -0.15) is 0 Å². The van der Waals surface area contributed by atoms with Gasteiger partial charge in [-0.25, -0.2) is 4.79 Å². The molecule has 2 aliphatic heterocycles. The SMILES string of the molecule is COC(=O)C1=CCN2CC[C@@H](O[C@@H](C)c3c(C(C)C)cc(C(C)C)cc3C(C)C)[C@@H]12. The van der Waals surface area contributed by atoms with Crippen molar-refractivity contribution in [1.29, 1.82) is 0 Å². The molecule has 0 unspecified atom stereocenters. The predicted molar refractivity (Wildman–Crippen MR) is 122 cm³/mol. The third-order valence-electron chi connectivity index (χ3n) is 6.69. The van der Waals surface area contributed by atoms with Crippen molar-refractivity contribution in [3.8, 4) is 0 Å². The van der Waals surface area contributed by atoms with Crippen LogP contribution in [0.25, 0.3) is 0 Å². The maximum atomic E-state index is 12.3. The quantitative estimate of drug-likeness (QED) is 0.538. The molecule has 3 rings (SSSR count). The van der Waals surface area contributed by atoms with Gasteiger partial charge in [0.2, 0.25) is 0 Å². The molecule has 0 N–H and O–H groups in total. The van der Waals surface area contributed by atoms with E-state index in [0.717, 1.165) is 25.1 Å². The third kappa shape index (κ3) is 4.36. The lowest BCUT2D eigenvalue weighted by atomic mass is 9.82. The number of methoxy groups -OCH3 is 1. The lowest BCUT2D eigenvalue weighted by Crippen LogP contribution is -2.36. The van der Waals surface area contributed by atoms with Gasteiger partial charge in [-0.15, -0.1) is 0 Å². The molecule has 30 heavy (non-hydrogen) atoms. The number of carbonyl (C=O) groups is 1. The number of ether oxygens (including phenoxy) is 2. The van der Waals surface area contributed by atoms with Crippen molar-refractivity contribution in [3.05, 3.63) is 46.0 Å². The Morgan fingerprint density at radius 2 is 1.60 bits per heavy atom. The Balaban J connectivity index is 1.94. The molecule has 3 atom stereocenters. The molecular formula is C26H39NO3. The van der Waals surface area contributed by atoms with Gasteiger partial charge < -0.3 is 9.47 Å². The molecule has 1 aromatic carbocycles. The summed E-state index contributed by atoms with van der Waals surface area (Å²) in [5.41, 5.74) is 6.28. The summed E-state index contributed by atoms with van der Waals surface area (Å²) in [5, 5.41) is 0. The summed E-state index contributed by atoms with van der Waals surface area (Å²) in [7, 11) is 1.46. The van der Waals surface area contributed by atoms with Crippen LogP contribution in [0.3, 0.4) is 0 Å². The number of carbonyl (C=O) groups excluding carboxylic acids is 1. The van der Waals surface area contributed by atoms with Crippen LogP contribution in [0, 0.1) is 0 Å². The second-order valence-electron chi connectivity index (χ2n) is 9.77. The van der Waals surface area contributed by atoms with Crippen LogP contribution in [-0.4, -0.2) is 43.2 Å². The van der Waals surface area contributed by atoms with E-state index in [-0.39, 0.29) is 24.2 Å². The van der Waals surface area contributed by atoms with Gasteiger partial charge in [-0.1, -0.05) is 59.8 Å². The fourth-order valence-corrected chi connectivity index (χ4v) is 5.04. The molecule has 0 radical (unpaired) electrons. The molecule has 4 nitrogen and oxygen atoms in total. The van der Waals surface area contributed by atoms with Gasteiger partial charge in [-0.05, 0) is 53.4 Å². The largest absolute Gasteiger partial charge is 0.466 e.